The van der Waals surface area contributed by atoms with Gasteiger partial charge in [0.15, 0.2) is 10.3 Å². The fourth-order valence-corrected chi connectivity index (χ4v) is 6.23. The summed E-state index contributed by atoms with van der Waals surface area (Å²) in [7, 11) is -3.83. The lowest BCUT2D eigenvalue weighted by Crippen LogP contribution is -2.14. The summed E-state index contributed by atoms with van der Waals surface area (Å²) in [6.45, 7) is 2.81. The van der Waals surface area contributed by atoms with Crippen molar-refractivity contribution in [3.63, 3.8) is 0 Å². The molecule has 8 nitrogen and oxygen atoms in total. The van der Waals surface area contributed by atoms with Crippen molar-refractivity contribution in [1.29, 1.82) is 0 Å². The number of hydrogen-bond donors (Lipinski definition) is 2. The lowest BCUT2D eigenvalue weighted by atomic mass is 10.0. The van der Waals surface area contributed by atoms with Crippen LogP contribution in [0.2, 0.25) is 0 Å². The van der Waals surface area contributed by atoms with Crippen molar-refractivity contribution in [2.24, 2.45) is 5.14 Å². The minimum Gasteiger partial charge on any atom is -0.319 e. The van der Waals surface area contributed by atoms with Gasteiger partial charge in [-0.25, -0.2) is 23.5 Å². The molecule has 0 spiro atoms. The van der Waals surface area contributed by atoms with E-state index in [1.807, 2.05) is 40.3 Å². The number of hydrogen-bond acceptors (Lipinski definition) is 7. The maximum Gasteiger partial charge on any atom is 0.238 e. The second-order valence-corrected chi connectivity index (χ2v) is 12.3. The Hall–Kier alpha value is -3.51. The largest absolute Gasteiger partial charge is 0.319 e. The molecule has 5 rings (SSSR count). The number of nitrogens with two attached hydrogens (primary N) is 1. The average Bonchev–Trinajstić information content (AvgIpc) is 3.54. The lowest BCUT2D eigenvalue weighted by Gasteiger charge is -2.08. The molecular formula is C28H27N5O3S3. The summed E-state index contributed by atoms with van der Waals surface area (Å²) in [6, 6.07) is 23.0. The van der Waals surface area contributed by atoms with Crippen molar-refractivity contribution in [2.75, 3.05) is 11.1 Å². The molecule has 0 aliphatic rings. The minimum absolute atomic E-state index is 0.0127. The predicted molar refractivity (Wildman–Crippen MR) is 158 cm³/mol. The third-order valence-electron chi connectivity index (χ3n) is 6.12. The number of anilines is 1. The van der Waals surface area contributed by atoms with E-state index in [-0.39, 0.29) is 16.6 Å². The minimum atomic E-state index is -3.83. The Labute approximate surface area is 235 Å². The number of benzene rings is 3. The SMILES string of the molecule is CCCCn1c(SCC(=O)Nc2nc(-c3ccc(-c4ccccc4)cc3)cs2)nc2cc(S(N)(=O)=O)ccc21. The Morgan fingerprint density at radius 3 is 2.44 bits per heavy atom. The molecule has 0 bridgehead atoms. The summed E-state index contributed by atoms with van der Waals surface area (Å²) in [4.78, 5) is 22.0. The second-order valence-electron chi connectivity index (χ2n) is 8.91. The summed E-state index contributed by atoms with van der Waals surface area (Å²) >= 11 is 2.68. The molecular weight excluding hydrogens is 551 g/mol. The molecule has 3 N–H and O–H groups in total. The molecule has 0 aliphatic carbocycles. The van der Waals surface area contributed by atoms with Crippen molar-refractivity contribution in [2.45, 2.75) is 36.4 Å². The van der Waals surface area contributed by atoms with Crippen LogP contribution in [-0.4, -0.2) is 34.6 Å². The number of aromatic nitrogens is 3. The van der Waals surface area contributed by atoms with Crippen LogP contribution in [0.4, 0.5) is 5.13 Å². The van der Waals surface area contributed by atoms with Gasteiger partial charge >= 0.3 is 0 Å². The van der Waals surface area contributed by atoms with E-state index < -0.39 is 10.0 Å². The maximum atomic E-state index is 12.8. The number of amides is 1. The van der Waals surface area contributed by atoms with Gasteiger partial charge in [0, 0.05) is 17.5 Å². The Morgan fingerprint density at radius 2 is 1.72 bits per heavy atom. The molecule has 39 heavy (non-hydrogen) atoms. The van der Waals surface area contributed by atoms with Crippen LogP contribution in [0.15, 0.2) is 88.2 Å². The van der Waals surface area contributed by atoms with Crippen LogP contribution in [-0.2, 0) is 21.4 Å². The summed E-state index contributed by atoms with van der Waals surface area (Å²) in [5, 5.41) is 11.3. The highest BCUT2D eigenvalue weighted by molar-refractivity contribution is 7.99. The van der Waals surface area contributed by atoms with Crippen LogP contribution in [0, 0.1) is 0 Å². The molecule has 0 fully saturated rings. The third kappa shape index (κ3) is 6.39. The van der Waals surface area contributed by atoms with Gasteiger partial charge in [-0.1, -0.05) is 79.7 Å². The Kier molecular flexibility index (Phi) is 8.12. The van der Waals surface area contributed by atoms with Gasteiger partial charge in [0.1, 0.15) is 0 Å². The monoisotopic (exact) mass is 577 g/mol. The number of rotatable bonds is 10. The highest BCUT2D eigenvalue weighted by Gasteiger charge is 2.17. The first-order chi connectivity index (χ1) is 18.8. The Bertz CT molecular complexity index is 1710. The zero-order valence-electron chi connectivity index (χ0n) is 21.2. The molecule has 0 saturated carbocycles. The summed E-state index contributed by atoms with van der Waals surface area (Å²) in [5.41, 5.74) is 5.40. The highest BCUT2D eigenvalue weighted by Crippen LogP contribution is 2.29. The van der Waals surface area contributed by atoms with Gasteiger partial charge in [-0.2, -0.15) is 0 Å². The lowest BCUT2D eigenvalue weighted by molar-refractivity contribution is -0.113. The number of carbonyl (C=O) groups is 1. The van der Waals surface area contributed by atoms with E-state index in [0.29, 0.717) is 22.3 Å². The van der Waals surface area contributed by atoms with Gasteiger partial charge < -0.3 is 9.88 Å². The molecule has 0 atom stereocenters. The molecule has 0 unspecified atom stereocenters. The van der Waals surface area contributed by atoms with Crippen LogP contribution in [0.3, 0.4) is 0 Å². The predicted octanol–water partition coefficient (Wildman–Crippen LogP) is 6.01. The Balaban J connectivity index is 1.26. The number of aryl methyl sites for hydroxylation is 1. The van der Waals surface area contributed by atoms with Crippen molar-refractivity contribution < 1.29 is 13.2 Å². The molecule has 5 aromatic rings. The standard InChI is InChI=1S/C28H27N5O3S3/c1-2-3-15-33-25-14-13-22(39(29,35)36)16-23(25)31-28(33)38-18-26(34)32-27-30-24(17-37-27)21-11-9-20(10-12-21)19-7-5-4-6-8-19/h4-14,16-17H,2-3,15,18H2,1H3,(H2,29,35,36)(H,30,32,34). The van der Waals surface area contributed by atoms with E-state index in [2.05, 4.69) is 46.5 Å². The highest BCUT2D eigenvalue weighted by atomic mass is 32.2. The van der Waals surface area contributed by atoms with E-state index in [4.69, 9.17) is 5.14 Å². The van der Waals surface area contributed by atoms with E-state index in [1.165, 1.54) is 35.2 Å². The molecule has 2 heterocycles. The normalized spacial score (nSPS) is 11.6. The van der Waals surface area contributed by atoms with Crippen molar-refractivity contribution in [3.8, 4) is 22.4 Å². The van der Waals surface area contributed by atoms with Crippen LogP contribution < -0.4 is 10.5 Å². The number of nitrogens with one attached hydrogen (secondary N) is 1. The van der Waals surface area contributed by atoms with Gasteiger partial charge in [0.2, 0.25) is 15.9 Å². The fourth-order valence-electron chi connectivity index (χ4n) is 4.12. The number of nitrogens with zero attached hydrogens (tertiary/aromatic N) is 3. The van der Waals surface area contributed by atoms with Gasteiger partial charge in [0.05, 0.1) is 27.4 Å². The van der Waals surface area contributed by atoms with Crippen LogP contribution in [0.1, 0.15) is 19.8 Å². The fraction of sp³-hybridized carbons (Fsp3) is 0.179. The van der Waals surface area contributed by atoms with Gasteiger partial charge in [-0.15, -0.1) is 11.3 Å². The maximum absolute atomic E-state index is 12.8. The van der Waals surface area contributed by atoms with E-state index in [0.717, 1.165) is 40.7 Å². The molecule has 200 valence electrons. The van der Waals surface area contributed by atoms with Gasteiger partial charge in [0.25, 0.3) is 0 Å². The average molecular weight is 578 g/mol. The molecule has 2 aromatic heterocycles. The number of primary sulfonamides is 1. The molecule has 1 amide bonds. The van der Waals surface area contributed by atoms with Crippen LogP contribution in [0.5, 0.6) is 0 Å². The number of thiazole rings is 1. The van der Waals surface area contributed by atoms with Crippen LogP contribution >= 0.6 is 23.1 Å². The topological polar surface area (TPSA) is 120 Å². The van der Waals surface area contributed by atoms with E-state index in [1.54, 1.807) is 6.07 Å². The zero-order chi connectivity index (χ0) is 27.4. The first-order valence-corrected chi connectivity index (χ1v) is 15.8. The van der Waals surface area contributed by atoms with E-state index in [9.17, 15) is 13.2 Å². The van der Waals surface area contributed by atoms with Crippen molar-refractivity contribution in [3.05, 3.63) is 78.2 Å². The number of sulfonamides is 1. The third-order valence-corrected chi connectivity index (χ3v) is 8.76. The molecule has 11 heteroatoms. The first-order valence-electron chi connectivity index (χ1n) is 12.4. The quantitative estimate of drug-likeness (QED) is 0.196. The zero-order valence-corrected chi connectivity index (χ0v) is 23.7. The van der Waals surface area contributed by atoms with Gasteiger partial charge in [-0.05, 0) is 35.7 Å². The molecule has 0 saturated heterocycles. The second kappa shape index (κ2) is 11.7. The molecule has 0 aliphatic heterocycles. The number of unbranched alkanes of at least 4 members (excludes halogenated alkanes) is 1. The first kappa shape index (κ1) is 27.1. The van der Waals surface area contributed by atoms with Crippen LogP contribution in [0.25, 0.3) is 33.4 Å². The smallest absolute Gasteiger partial charge is 0.238 e. The summed E-state index contributed by atoms with van der Waals surface area (Å²) in [5.74, 6) is -0.0577. The number of fused-ring (bicyclic) bond motifs is 1. The molecule has 3 aromatic carbocycles. The number of carbonyl (C=O) groups excluding carboxylic acids is 1. The number of imidazole rings is 1. The summed E-state index contributed by atoms with van der Waals surface area (Å²) in [6.07, 6.45) is 1.91. The summed E-state index contributed by atoms with van der Waals surface area (Å²) < 4.78 is 25.6. The van der Waals surface area contributed by atoms with Crippen molar-refractivity contribution >= 4 is 55.2 Å². The van der Waals surface area contributed by atoms with E-state index >= 15 is 0 Å². The Morgan fingerprint density at radius 1 is 1.00 bits per heavy atom. The van der Waals surface area contributed by atoms with Gasteiger partial charge in [-0.3, -0.25) is 4.79 Å². The molecule has 0 radical (unpaired) electrons. The number of thioether (sulfide) groups is 1. The van der Waals surface area contributed by atoms with Crippen molar-refractivity contribution in [1.82, 2.24) is 14.5 Å².